The smallest absolute Gasteiger partial charge is 0.273 e. The van der Waals surface area contributed by atoms with Crippen LogP contribution in [0.4, 0.5) is 0 Å². The molecule has 4 aromatic rings. The van der Waals surface area contributed by atoms with E-state index < -0.39 is 0 Å². The van der Waals surface area contributed by atoms with Crippen LogP contribution in [0.3, 0.4) is 0 Å². The highest BCUT2D eigenvalue weighted by atomic mass is 16.5. The number of rotatable bonds is 7. The highest BCUT2D eigenvalue weighted by molar-refractivity contribution is 5.98. The van der Waals surface area contributed by atoms with Gasteiger partial charge in [-0.1, -0.05) is 36.4 Å². The van der Waals surface area contributed by atoms with E-state index >= 15 is 0 Å². The van der Waals surface area contributed by atoms with Gasteiger partial charge in [0.2, 0.25) is 0 Å². The van der Waals surface area contributed by atoms with Crippen molar-refractivity contribution in [2.75, 3.05) is 0 Å². The van der Waals surface area contributed by atoms with Crippen LogP contribution < -0.4 is 10.2 Å². The molecule has 5 heteroatoms. The maximum Gasteiger partial charge on any atom is 0.273 e. The van der Waals surface area contributed by atoms with Gasteiger partial charge in [-0.3, -0.25) is 4.79 Å². The van der Waals surface area contributed by atoms with Crippen molar-refractivity contribution in [2.24, 2.45) is 5.10 Å². The zero-order valence-electron chi connectivity index (χ0n) is 17.2. The van der Waals surface area contributed by atoms with Gasteiger partial charge in [0.15, 0.2) is 0 Å². The first-order valence-electron chi connectivity index (χ1n) is 10.0. The number of carbonyl (C=O) groups excluding carboxylic acids is 1. The number of carbonyl (C=O) groups is 1. The highest BCUT2D eigenvalue weighted by Gasteiger charge is 2.10. The maximum absolute atomic E-state index is 12.6. The van der Waals surface area contributed by atoms with Crippen molar-refractivity contribution in [3.8, 4) is 11.4 Å². The molecule has 1 amide bonds. The van der Waals surface area contributed by atoms with E-state index in [4.69, 9.17) is 4.74 Å². The monoisotopic (exact) mass is 409 g/mol. The number of aromatic nitrogens is 1. The number of amides is 1. The number of nitrogens with one attached hydrogen (secondary N) is 1. The summed E-state index contributed by atoms with van der Waals surface area (Å²) in [4.78, 5) is 12.6. The quantitative estimate of drug-likeness (QED) is 0.340. The van der Waals surface area contributed by atoms with Gasteiger partial charge in [-0.2, -0.15) is 5.10 Å². The fourth-order valence-electron chi connectivity index (χ4n) is 3.19. The summed E-state index contributed by atoms with van der Waals surface area (Å²) in [6.07, 6.45) is 5.41. The van der Waals surface area contributed by atoms with Crippen LogP contribution in [0, 0.1) is 6.92 Å². The molecule has 4 rings (SSSR count). The molecule has 0 aliphatic carbocycles. The lowest BCUT2D eigenvalue weighted by Crippen LogP contribution is -2.19. The van der Waals surface area contributed by atoms with E-state index in [-0.39, 0.29) is 5.91 Å². The van der Waals surface area contributed by atoms with Crippen LogP contribution >= 0.6 is 0 Å². The summed E-state index contributed by atoms with van der Waals surface area (Å²) in [5, 5.41) is 4.10. The van der Waals surface area contributed by atoms with Crippen molar-refractivity contribution in [3.63, 3.8) is 0 Å². The van der Waals surface area contributed by atoms with E-state index in [1.165, 1.54) is 5.56 Å². The zero-order chi connectivity index (χ0) is 21.5. The molecule has 5 nitrogen and oxygen atoms in total. The van der Waals surface area contributed by atoms with Gasteiger partial charge in [0.05, 0.1) is 17.5 Å². The van der Waals surface area contributed by atoms with E-state index in [1.54, 1.807) is 12.3 Å². The van der Waals surface area contributed by atoms with Gasteiger partial charge < -0.3 is 9.30 Å². The standard InChI is InChI=1S/C26H23N3O2/c1-20-8-2-3-9-22(20)19-31-23-14-12-21(13-15-23)18-27-28-26(30)24-10-4-5-11-25(24)29-16-6-7-17-29/h2-18H,19H2,1H3,(H,28,30)/b27-18-. The van der Waals surface area contributed by atoms with Crippen LogP contribution in [0.2, 0.25) is 0 Å². The highest BCUT2D eigenvalue weighted by Crippen LogP contribution is 2.16. The van der Waals surface area contributed by atoms with Crippen LogP contribution in [0.25, 0.3) is 5.69 Å². The Morgan fingerprint density at radius 1 is 0.935 bits per heavy atom. The molecule has 0 saturated carbocycles. The van der Waals surface area contributed by atoms with Crippen molar-refractivity contribution in [3.05, 3.63) is 120 Å². The minimum absolute atomic E-state index is 0.265. The minimum Gasteiger partial charge on any atom is -0.489 e. The molecule has 31 heavy (non-hydrogen) atoms. The van der Waals surface area contributed by atoms with E-state index in [0.717, 1.165) is 22.6 Å². The topological polar surface area (TPSA) is 55.6 Å². The molecule has 0 unspecified atom stereocenters. The predicted octanol–water partition coefficient (Wildman–Crippen LogP) is 5.13. The molecular weight excluding hydrogens is 386 g/mol. The second kappa shape index (κ2) is 9.59. The molecular formula is C26H23N3O2. The minimum atomic E-state index is -0.265. The molecule has 0 atom stereocenters. The summed E-state index contributed by atoms with van der Waals surface area (Å²) in [5.41, 5.74) is 7.19. The summed E-state index contributed by atoms with van der Waals surface area (Å²) in [7, 11) is 0. The van der Waals surface area contributed by atoms with Crippen molar-refractivity contribution >= 4 is 12.1 Å². The molecule has 1 heterocycles. The number of hydrogen-bond donors (Lipinski definition) is 1. The molecule has 154 valence electrons. The molecule has 0 saturated heterocycles. The fourth-order valence-corrected chi connectivity index (χ4v) is 3.19. The number of benzene rings is 3. The van der Waals surface area contributed by atoms with Crippen molar-refractivity contribution < 1.29 is 9.53 Å². The summed E-state index contributed by atoms with van der Waals surface area (Å²) < 4.78 is 7.76. The van der Waals surface area contributed by atoms with Crippen LogP contribution in [0.15, 0.2) is 102 Å². The number of nitrogens with zero attached hydrogens (tertiary/aromatic N) is 2. The maximum atomic E-state index is 12.6. The predicted molar refractivity (Wildman–Crippen MR) is 123 cm³/mol. The van der Waals surface area contributed by atoms with E-state index in [9.17, 15) is 4.79 Å². The van der Waals surface area contributed by atoms with E-state index in [1.807, 2.05) is 83.7 Å². The number of aryl methyl sites for hydroxylation is 1. The molecule has 0 radical (unpaired) electrons. The van der Waals surface area contributed by atoms with Crippen molar-refractivity contribution in [2.45, 2.75) is 13.5 Å². The van der Waals surface area contributed by atoms with Gasteiger partial charge in [0, 0.05) is 12.4 Å². The SMILES string of the molecule is Cc1ccccc1COc1ccc(/C=N\NC(=O)c2ccccc2-n2cccc2)cc1. The third-order valence-electron chi connectivity index (χ3n) is 4.95. The summed E-state index contributed by atoms with van der Waals surface area (Å²) in [6.45, 7) is 2.60. The second-order valence-corrected chi connectivity index (χ2v) is 7.09. The van der Waals surface area contributed by atoms with Crippen LogP contribution in [-0.4, -0.2) is 16.7 Å². The summed E-state index contributed by atoms with van der Waals surface area (Å²) in [5.74, 6) is 0.517. The summed E-state index contributed by atoms with van der Waals surface area (Å²) in [6, 6.07) is 27.0. The third kappa shape index (κ3) is 5.08. The molecule has 0 spiro atoms. The number of ether oxygens (including phenoxy) is 1. The molecule has 1 aromatic heterocycles. The Kier molecular flexibility index (Phi) is 6.24. The van der Waals surface area contributed by atoms with Crippen LogP contribution in [0.5, 0.6) is 5.75 Å². The van der Waals surface area contributed by atoms with Gasteiger partial charge in [0.1, 0.15) is 12.4 Å². The largest absolute Gasteiger partial charge is 0.489 e. The normalized spacial score (nSPS) is 10.9. The third-order valence-corrected chi connectivity index (χ3v) is 4.95. The number of para-hydroxylation sites is 1. The second-order valence-electron chi connectivity index (χ2n) is 7.09. The van der Waals surface area contributed by atoms with Crippen molar-refractivity contribution in [1.82, 2.24) is 9.99 Å². The lowest BCUT2D eigenvalue weighted by molar-refractivity contribution is 0.0955. The van der Waals surface area contributed by atoms with Crippen LogP contribution in [-0.2, 0) is 6.61 Å². The molecule has 0 fully saturated rings. The van der Waals surface area contributed by atoms with Gasteiger partial charge in [-0.15, -0.1) is 0 Å². The Morgan fingerprint density at radius 2 is 1.65 bits per heavy atom. The average Bonchev–Trinajstić information content (AvgIpc) is 3.34. The Labute approximate surface area is 181 Å². The Morgan fingerprint density at radius 3 is 2.42 bits per heavy atom. The Bertz CT molecular complexity index is 1180. The summed E-state index contributed by atoms with van der Waals surface area (Å²) >= 11 is 0. The molecule has 1 N–H and O–H groups in total. The van der Waals surface area contributed by atoms with Gasteiger partial charge in [-0.25, -0.2) is 5.43 Å². The van der Waals surface area contributed by atoms with Gasteiger partial charge >= 0.3 is 0 Å². The van der Waals surface area contributed by atoms with Gasteiger partial charge in [0.25, 0.3) is 5.91 Å². The molecule has 0 aliphatic rings. The fraction of sp³-hybridized carbons (Fsp3) is 0.0769. The first-order valence-corrected chi connectivity index (χ1v) is 10.0. The lowest BCUT2D eigenvalue weighted by Gasteiger charge is -2.09. The number of hydrogen-bond acceptors (Lipinski definition) is 3. The molecule has 0 aliphatic heterocycles. The average molecular weight is 409 g/mol. The van der Waals surface area contributed by atoms with Crippen molar-refractivity contribution in [1.29, 1.82) is 0 Å². The molecule has 3 aromatic carbocycles. The Hall–Kier alpha value is -4.12. The number of hydrazone groups is 1. The Balaban J connectivity index is 1.35. The van der Waals surface area contributed by atoms with Gasteiger partial charge in [-0.05, 0) is 72.1 Å². The lowest BCUT2D eigenvalue weighted by atomic mass is 10.1. The first kappa shape index (κ1) is 20.2. The zero-order valence-corrected chi connectivity index (χ0v) is 17.2. The van der Waals surface area contributed by atoms with E-state index in [0.29, 0.717) is 12.2 Å². The van der Waals surface area contributed by atoms with E-state index in [2.05, 4.69) is 29.6 Å². The molecule has 0 bridgehead atoms. The first-order chi connectivity index (χ1) is 15.2. The van der Waals surface area contributed by atoms with Crippen LogP contribution in [0.1, 0.15) is 27.0 Å².